The number of carbonyl (C=O) groups is 2. The molecule has 0 atom stereocenters. The summed E-state index contributed by atoms with van der Waals surface area (Å²) in [6.45, 7) is 5.62. The first-order valence-electron chi connectivity index (χ1n) is 6.68. The molecule has 0 saturated carbocycles. The molecule has 0 radical (unpaired) electrons. The first-order chi connectivity index (χ1) is 9.93. The number of hydrogen-bond acceptors (Lipinski definition) is 4. The van der Waals surface area contributed by atoms with E-state index in [-0.39, 0.29) is 24.3 Å². The highest BCUT2D eigenvalue weighted by Gasteiger charge is 2.14. The van der Waals surface area contributed by atoms with E-state index in [2.05, 4.69) is 4.99 Å². The zero-order valence-electron chi connectivity index (χ0n) is 12.5. The van der Waals surface area contributed by atoms with Crippen molar-refractivity contribution in [1.29, 1.82) is 0 Å². The smallest absolute Gasteiger partial charge is 0.325 e. The molecule has 6 heteroatoms. The maximum atomic E-state index is 11.9. The molecule has 1 aromatic heterocycles. The number of methoxy groups -OCH3 is 1. The molecule has 2 rings (SSSR count). The maximum absolute atomic E-state index is 11.9. The number of aryl methyl sites for hydroxylation is 1. The highest BCUT2D eigenvalue weighted by atomic mass is 32.1. The Balaban J connectivity index is 2.69. The number of carbonyl (C=O) groups excluding carboxylic acids is 2. The van der Waals surface area contributed by atoms with Gasteiger partial charge in [0.1, 0.15) is 6.54 Å². The van der Waals surface area contributed by atoms with Crippen molar-refractivity contribution in [2.24, 2.45) is 10.9 Å². The van der Waals surface area contributed by atoms with Crippen LogP contribution in [0.4, 0.5) is 0 Å². The molecule has 0 N–H and O–H groups in total. The predicted molar refractivity (Wildman–Crippen MR) is 82.0 cm³/mol. The van der Waals surface area contributed by atoms with Gasteiger partial charge in [-0.3, -0.25) is 9.59 Å². The molecule has 21 heavy (non-hydrogen) atoms. The highest BCUT2D eigenvalue weighted by molar-refractivity contribution is 7.16. The number of thiazole rings is 1. The maximum Gasteiger partial charge on any atom is 0.325 e. The number of para-hydroxylation sites is 1. The summed E-state index contributed by atoms with van der Waals surface area (Å²) in [5.74, 6) is -0.739. The largest absolute Gasteiger partial charge is 0.468 e. The summed E-state index contributed by atoms with van der Waals surface area (Å²) in [7, 11) is 1.35. The molecule has 0 spiro atoms. The minimum atomic E-state index is -0.364. The molecule has 1 heterocycles. The van der Waals surface area contributed by atoms with Crippen molar-refractivity contribution in [3.05, 3.63) is 28.6 Å². The van der Waals surface area contributed by atoms with Gasteiger partial charge in [-0.1, -0.05) is 37.3 Å². The van der Waals surface area contributed by atoms with E-state index in [4.69, 9.17) is 4.74 Å². The zero-order chi connectivity index (χ0) is 15.6. The van der Waals surface area contributed by atoms with Gasteiger partial charge in [-0.25, -0.2) is 0 Å². The Kier molecular flexibility index (Phi) is 4.57. The Labute approximate surface area is 126 Å². The number of hydrogen-bond donors (Lipinski definition) is 0. The third-order valence-corrected chi connectivity index (χ3v) is 4.16. The van der Waals surface area contributed by atoms with Crippen LogP contribution in [0.5, 0.6) is 0 Å². The molecule has 0 saturated heterocycles. The number of ether oxygens (including phenoxy) is 1. The predicted octanol–water partition coefficient (Wildman–Crippen LogP) is 2.27. The van der Waals surface area contributed by atoms with Gasteiger partial charge in [0.15, 0.2) is 4.80 Å². The molecular formula is C15H18N2O3S. The summed E-state index contributed by atoms with van der Waals surface area (Å²) in [6.07, 6.45) is 0. The van der Waals surface area contributed by atoms with Crippen LogP contribution in [0.3, 0.4) is 0 Å². The molecule has 0 aliphatic heterocycles. The average molecular weight is 306 g/mol. The summed E-state index contributed by atoms with van der Waals surface area (Å²) in [5, 5.41) is 0. The van der Waals surface area contributed by atoms with Gasteiger partial charge in [-0.15, -0.1) is 0 Å². The topological polar surface area (TPSA) is 60.7 Å². The fourth-order valence-corrected chi connectivity index (χ4v) is 3.07. The molecule has 0 fully saturated rings. The minimum absolute atomic E-state index is 0.0472. The van der Waals surface area contributed by atoms with E-state index >= 15 is 0 Å². The first kappa shape index (κ1) is 15.4. The molecular weight excluding hydrogens is 288 g/mol. The molecule has 0 unspecified atom stereocenters. The molecule has 0 aliphatic carbocycles. The van der Waals surface area contributed by atoms with E-state index in [9.17, 15) is 9.59 Å². The van der Waals surface area contributed by atoms with Crippen molar-refractivity contribution in [3.63, 3.8) is 0 Å². The van der Waals surface area contributed by atoms with E-state index < -0.39 is 0 Å². The van der Waals surface area contributed by atoms with Gasteiger partial charge in [0.2, 0.25) is 0 Å². The van der Waals surface area contributed by atoms with Crippen LogP contribution in [-0.4, -0.2) is 23.6 Å². The van der Waals surface area contributed by atoms with E-state index in [0.717, 1.165) is 15.8 Å². The number of benzene rings is 1. The van der Waals surface area contributed by atoms with Gasteiger partial charge in [0.25, 0.3) is 5.91 Å². The molecule has 0 aliphatic rings. The van der Waals surface area contributed by atoms with Gasteiger partial charge in [-0.05, 0) is 18.6 Å². The Morgan fingerprint density at radius 2 is 2.10 bits per heavy atom. The summed E-state index contributed by atoms with van der Waals surface area (Å²) in [4.78, 5) is 28.2. The second-order valence-electron chi connectivity index (χ2n) is 5.07. The first-order valence-corrected chi connectivity index (χ1v) is 7.50. The molecule has 0 bridgehead atoms. The summed E-state index contributed by atoms with van der Waals surface area (Å²) < 4.78 is 7.48. The third-order valence-electron chi connectivity index (χ3n) is 3.12. The van der Waals surface area contributed by atoms with E-state index in [1.54, 1.807) is 18.4 Å². The number of esters is 1. The zero-order valence-corrected chi connectivity index (χ0v) is 13.4. The van der Waals surface area contributed by atoms with Gasteiger partial charge in [0.05, 0.1) is 17.3 Å². The van der Waals surface area contributed by atoms with Crippen LogP contribution in [0.15, 0.2) is 23.2 Å². The van der Waals surface area contributed by atoms with Crippen molar-refractivity contribution in [3.8, 4) is 0 Å². The second-order valence-corrected chi connectivity index (χ2v) is 6.08. The quantitative estimate of drug-likeness (QED) is 0.817. The number of amides is 1. The van der Waals surface area contributed by atoms with Crippen molar-refractivity contribution < 1.29 is 14.3 Å². The van der Waals surface area contributed by atoms with Gasteiger partial charge in [0, 0.05) is 5.92 Å². The molecule has 1 amide bonds. The van der Waals surface area contributed by atoms with Crippen molar-refractivity contribution in [1.82, 2.24) is 4.57 Å². The molecule has 1 aromatic carbocycles. The molecule has 112 valence electrons. The van der Waals surface area contributed by atoms with Crippen LogP contribution >= 0.6 is 11.3 Å². The normalized spacial score (nSPS) is 12.1. The molecule has 2 aromatic rings. The van der Waals surface area contributed by atoms with Crippen LogP contribution < -0.4 is 4.80 Å². The van der Waals surface area contributed by atoms with Gasteiger partial charge >= 0.3 is 5.97 Å². The SMILES string of the molecule is COC(=O)Cn1c(=NC(=O)C(C)C)sc2cccc(C)c21. The Morgan fingerprint density at radius 1 is 1.38 bits per heavy atom. The standard InChI is InChI=1S/C15H18N2O3S/c1-9(2)14(19)16-15-17(8-12(18)20-4)13-10(3)6-5-7-11(13)21-15/h5-7,9H,8H2,1-4H3. The van der Waals surface area contributed by atoms with Crippen LogP contribution in [0.1, 0.15) is 19.4 Å². The lowest BCUT2D eigenvalue weighted by atomic mass is 10.2. The Morgan fingerprint density at radius 3 is 2.71 bits per heavy atom. The van der Waals surface area contributed by atoms with Crippen molar-refractivity contribution in [2.45, 2.75) is 27.3 Å². The van der Waals surface area contributed by atoms with Gasteiger partial charge < -0.3 is 9.30 Å². The monoisotopic (exact) mass is 306 g/mol. The van der Waals surface area contributed by atoms with Gasteiger partial charge in [-0.2, -0.15) is 4.99 Å². The lowest BCUT2D eigenvalue weighted by Gasteiger charge is -2.05. The van der Waals surface area contributed by atoms with Crippen LogP contribution in [0.2, 0.25) is 0 Å². The highest BCUT2D eigenvalue weighted by Crippen LogP contribution is 2.21. The van der Waals surface area contributed by atoms with E-state index in [1.807, 2.05) is 25.1 Å². The number of aromatic nitrogens is 1. The minimum Gasteiger partial charge on any atom is -0.468 e. The summed E-state index contributed by atoms with van der Waals surface area (Å²) in [6, 6.07) is 5.88. The lowest BCUT2D eigenvalue weighted by Crippen LogP contribution is -2.23. The fourth-order valence-electron chi connectivity index (χ4n) is 1.96. The van der Waals surface area contributed by atoms with Crippen LogP contribution in [0, 0.1) is 12.8 Å². The van der Waals surface area contributed by atoms with Crippen molar-refractivity contribution >= 4 is 33.4 Å². The summed E-state index contributed by atoms with van der Waals surface area (Å²) in [5.41, 5.74) is 1.95. The fraction of sp³-hybridized carbons (Fsp3) is 0.400. The number of nitrogens with zero attached hydrogens (tertiary/aromatic N) is 2. The Bertz CT molecular complexity index is 756. The lowest BCUT2D eigenvalue weighted by molar-refractivity contribution is -0.141. The van der Waals surface area contributed by atoms with Crippen molar-refractivity contribution in [2.75, 3.05) is 7.11 Å². The van der Waals surface area contributed by atoms with E-state index in [1.165, 1.54) is 18.4 Å². The summed E-state index contributed by atoms with van der Waals surface area (Å²) >= 11 is 1.40. The molecule has 5 nitrogen and oxygen atoms in total. The average Bonchev–Trinajstić information content (AvgIpc) is 2.77. The number of rotatable bonds is 3. The van der Waals surface area contributed by atoms with E-state index in [0.29, 0.717) is 4.80 Å². The Hall–Kier alpha value is -1.95. The second kappa shape index (κ2) is 6.22. The van der Waals surface area contributed by atoms with Crippen LogP contribution in [0.25, 0.3) is 10.2 Å². The van der Waals surface area contributed by atoms with Crippen LogP contribution in [-0.2, 0) is 20.9 Å². The third kappa shape index (κ3) is 3.21. The number of fused-ring (bicyclic) bond motifs is 1.